The monoisotopic (exact) mass is 482 g/mol. The van der Waals surface area contributed by atoms with Gasteiger partial charge in [-0.15, -0.1) is 0 Å². The molecule has 4 fully saturated rings. The van der Waals surface area contributed by atoms with Crippen molar-refractivity contribution in [1.82, 2.24) is 9.80 Å². The first kappa shape index (κ1) is 27.1. The summed E-state index contributed by atoms with van der Waals surface area (Å²) in [6, 6.07) is 0.694. The van der Waals surface area contributed by atoms with Gasteiger partial charge in [0, 0.05) is 24.2 Å². The standard InChI is InChI=1S/2C13H23NO3/c2*1-13(2,3)17-12(16)14-9-5-4-6-10(14)8-11(15)7-9/h2*9-11,15H,4-8H2,1-3H3/t2*9-,10+,11?. The number of nitrogens with zero attached hydrogens (tertiary/aromatic N) is 2. The first-order valence-corrected chi connectivity index (χ1v) is 13.1. The summed E-state index contributed by atoms with van der Waals surface area (Å²) in [7, 11) is 0. The van der Waals surface area contributed by atoms with Gasteiger partial charge in [0.25, 0.3) is 0 Å². The predicted molar refractivity (Wildman–Crippen MR) is 129 cm³/mol. The number of piperidine rings is 4. The van der Waals surface area contributed by atoms with E-state index in [1.807, 2.05) is 51.3 Å². The van der Waals surface area contributed by atoms with Gasteiger partial charge in [0.2, 0.25) is 0 Å². The lowest BCUT2D eigenvalue weighted by molar-refractivity contribution is -0.0466. The summed E-state index contributed by atoms with van der Waals surface area (Å²) in [5.41, 5.74) is -0.886. The van der Waals surface area contributed by atoms with Gasteiger partial charge in [0.15, 0.2) is 0 Å². The third kappa shape index (κ3) is 7.23. The number of amides is 2. The Bertz CT molecular complexity index is 627. The molecule has 8 heteroatoms. The number of hydrogen-bond donors (Lipinski definition) is 2. The highest BCUT2D eigenvalue weighted by Gasteiger charge is 2.43. The topological polar surface area (TPSA) is 99.5 Å². The molecule has 0 spiro atoms. The molecule has 4 bridgehead atoms. The van der Waals surface area contributed by atoms with Gasteiger partial charge in [-0.05, 0) is 106 Å². The maximum atomic E-state index is 12.2. The molecule has 2 N–H and O–H groups in total. The zero-order valence-electron chi connectivity index (χ0n) is 22.0. The van der Waals surface area contributed by atoms with Crippen LogP contribution in [-0.4, -0.2) is 79.8 Å². The van der Waals surface area contributed by atoms with Crippen molar-refractivity contribution >= 4 is 12.2 Å². The maximum absolute atomic E-state index is 12.2. The molecule has 0 saturated carbocycles. The van der Waals surface area contributed by atoms with Gasteiger partial charge < -0.3 is 29.5 Å². The van der Waals surface area contributed by atoms with Gasteiger partial charge in [-0.25, -0.2) is 9.59 Å². The Kier molecular flexibility index (Phi) is 8.44. The number of aliphatic hydroxyl groups excluding tert-OH is 2. The van der Waals surface area contributed by atoms with E-state index in [-0.39, 0.29) is 48.6 Å². The molecule has 6 atom stereocenters. The number of ether oxygens (including phenoxy) is 2. The second-order valence-corrected chi connectivity index (χ2v) is 12.5. The predicted octanol–water partition coefficient (Wildman–Crippen LogP) is 4.60. The molecule has 4 saturated heterocycles. The van der Waals surface area contributed by atoms with Crippen LogP contribution in [0.3, 0.4) is 0 Å². The van der Waals surface area contributed by atoms with Gasteiger partial charge in [-0.1, -0.05) is 0 Å². The van der Waals surface area contributed by atoms with Crippen molar-refractivity contribution in [2.45, 2.75) is 153 Å². The molecule has 4 heterocycles. The summed E-state index contributed by atoms with van der Waals surface area (Å²) >= 11 is 0. The summed E-state index contributed by atoms with van der Waals surface area (Å²) in [6.07, 6.45) is 8.19. The van der Waals surface area contributed by atoms with Crippen LogP contribution in [0.2, 0.25) is 0 Å². The summed E-state index contributed by atoms with van der Waals surface area (Å²) in [5.74, 6) is 0. The SMILES string of the molecule is CC(C)(C)OC(=O)N1[C@@H]2CCC[C@H]1CC(O)C2.CC(C)(C)OC(=O)N1[C@@H]2CCC[C@H]1CC(O)C2. The van der Waals surface area contributed by atoms with Crippen molar-refractivity contribution < 1.29 is 29.3 Å². The Balaban J connectivity index is 0.000000191. The van der Waals surface area contributed by atoms with Gasteiger partial charge in [-0.2, -0.15) is 0 Å². The van der Waals surface area contributed by atoms with E-state index < -0.39 is 11.2 Å². The van der Waals surface area contributed by atoms with E-state index in [4.69, 9.17) is 9.47 Å². The largest absolute Gasteiger partial charge is 0.444 e. The molecule has 4 aliphatic heterocycles. The van der Waals surface area contributed by atoms with E-state index in [2.05, 4.69) is 0 Å². The van der Waals surface area contributed by atoms with Crippen molar-refractivity contribution in [2.24, 2.45) is 0 Å². The number of hydrogen-bond acceptors (Lipinski definition) is 6. The van der Waals surface area contributed by atoms with E-state index in [1.165, 1.54) is 0 Å². The van der Waals surface area contributed by atoms with Gasteiger partial charge >= 0.3 is 12.2 Å². The van der Waals surface area contributed by atoms with Crippen LogP contribution in [0.25, 0.3) is 0 Å². The smallest absolute Gasteiger partial charge is 0.410 e. The minimum atomic E-state index is -0.443. The summed E-state index contributed by atoms with van der Waals surface area (Å²) in [5, 5.41) is 19.5. The number of carbonyl (C=O) groups excluding carboxylic acids is 2. The quantitative estimate of drug-likeness (QED) is 0.524. The van der Waals surface area contributed by atoms with Crippen LogP contribution < -0.4 is 0 Å². The Morgan fingerprint density at radius 3 is 1.12 bits per heavy atom. The van der Waals surface area contributed by atoms with Crippen LogP contribution in [0.4, 0.5) is 9.59 Å². The minimum absolute atomic E-state index is 0.173. The Labute approximate surface area is 205 Å². The molecule has 0 aliphatic carbocycles. The van der Waals surface area contributed by atoms with Crippen LogP contribution in [0.1, 0.15) is 106 Å². The van der Waals surface area contributed by atoms with E-state index in [1.54, 1.807) is 0 Å². The molecule has 4 rings (SSSR count). The second-order valence-electron chi connectivity index (χ2n) is 12.5. The first-order valence-electron chi connectivity index (χ1n) is 13.1. The van der Waals surface area contributed by atoms with Crippen molar-refractivity contribution in [2.75, 3.05) is 0 Å². The van der Waals surface area contributed by atoms with Crippen molar-refractivity contribution in [3.63, 3.8) is 0 Å². The molecular weight excluding hydrogens is 436 g/mol. The van der Waals surface area contributed by atoms with Gasteiger partial charge in [-0.3, -0.25) is 0 Å². The van der Waals surface area contributed by atoms with Gasteiger partial charge in [0.05, 0.1) is 12.2 Å². The highest BCUT2D eigenvalue weighted by Crippen LogP contribution is 2.36. The van der Waals surface area contributed by atoms with E-state index in [0.29, 0.717) is 25.7 Å². The molecule has 0 aromatic heterocycles. The summed E-state index contributed by atoms with van der Waals surface area (Å²) in [4.78, 5) is 28.1. The van der Waals surface area contributed by atoms with E-state index in [9.17, 15) is 19.8 Å². The lowest BCUT2D eigenvalue weighted by Crippen LogP contribution is -2.56. The molecule has 0 aromatic carbocycles. The fourth-order valence-electron chi connectivity index (χ4n) is 5.93. The molecule has 196 valence electrons. The summed E-state index contributed by atoms with van der Waals surface area (Å²) in [6.45, 7) is 11.3. The zero-order valence-corrected chi connectivity index (χ0v) is 22.0. The molecule has 4 aliphatic rings. The highest BCUT2D eigenvalue weighted by molar-refractivity contribution is 5.70. The fraction of sp³-hybridized carbons (Fsp3) is 0.923. The van der Waals surface area contributed by atoms with Crippen molar-refractivity contribution in [3.8, 4) is 0 Å². The van der Waals surface area contributed by atoms with Crippen molar-refractivity contribution in [3.05, 3.63) is 0 Å². The van der Waals surface area contributed by atoms with Crippen LogP contribution in [0.15, 0.2) is 0 Å². The Hall–Kier alpha value is -1.54. The van der Waals surface area contributed by atoms with Crippen LogP contribution >= 0.6 is 0 Å². The number of carbonyl (C=O) groups is 2. The molecule has 0 radical (unpaired) electrons. The lowest BCUT2D eigenvalue weighted by Gasteiger charge is -2.47. The maximum Gasteiger partial charge on any atom is 0.410 e. The number of fused-ring (bicyclic) bond motifs is 4. The molecular formula is C26H46N2O6. The second kappa shape index (κ2) is 10.6. The molecule has 2 unspecified atom stereocenters. The lowest BCUT2D eigenvalue weighted by atomic mass is 9.83. The Morgan fingerprint density at radius 2 is 0.882 bits per heavy atom. The fourth-order valence-corrected chi connectivity index (χ4v) is 5.93. The average Bonchev–Trinajstić information content (AvgIpc) is 2.64. The average molecular weight is 483 g/mol. The summed E-state index contributed by atoms with van der Waals surface area (Å²) < 4.78 is 10.9. The third-order valence-corrected chi connectivity index (χ3v) is 7.11. The third-order valence-electron chi connectivity index (χ3n) is 7.11. The first-order chi connectivity index (χ1) is 15.7. The van der Waals surface area contributed by atoms with Crippen LogP contribution in [0, 0.1) is 0 Å². The molecule has 8 nitrogen and oxygen atoms in total. The minimum Gasteiger partial charge on any atom is -0.444 e. The molecule has 34 heavy (non-hydrogen) atoms. The Morgan fingerprint density at radius 1 is 0.618 bits per heavy atom. The zero-order chi connectivity index (χ0) is 25.3. The molecule has 0 aromatic rings. The normalized spacial score (nSPS) is 33.4. The van der Waals surface area contributed by atoms with E-state index >= 15 is 0 Å². The van der Waals surface area contributed by atoms with Crippen LogP contribution in [0.5, 0.6) is 0 Å². The number of aliphatic hydroxyl groups is 2. The van der Waals surface area contributed by atoms with Gasteiger partial charge in [0.1, 0.15) is 11.2 Å². The molecule has 2 amide bonds. The van der Waals surface area contributed by atoms with E-state index in [0.717, 1.165) is 38.5 Å². The van der Waals surface area contributed by atoms with Crippen LogP contribution in [-0.2, 0) is 9.47 Å². The highest BCUT2D eigenvalue weighted by atomic mass is 16.6. The number of rotatable bonds is 0. The van der Waals surface area contributed by atoms with Crippen molar-refractivity contribution in [1.29, 1.82) is 0 Å².